The van der Waals surface area contributed by atoms with E-state index in [-0.39, 0.29) is 25.4 Å². The van der Waals surface area contributed by atoms with Crippen molar-refractivity contribution in [3.05, 3.63) is 133 Å². The lowest BCUT2D eigenvalue weighted by Crippen LogP contribution is -2.38. The van der Waals surface area contributed by atoms with Crippen LogP contribution in [0.3, 0.4) is 0 Å². The van der Waals surface area contributed by atoms with Crippen LogP contribution in [0.1, 0.15) is 11.4 Å². The highest BCUT2D eigenvalue weighted by atomic mass is 31.2. The van der Waals surface area contributed by atoms with E-state index in [0.717, 1.165) is 61.7 Å². The van der Waals surface area contributed by atoms with Crippen LogP contribution in [-0.4, -0.2) is 41.9 Å². The van der Waals surface area contributed by atoms with Crippen molar-refractivity contribution < 1.29 is 37.8 Å². The van der Waals surface area contributed by atoms with Gasteiger partial charge in [-0.3, -0.25) is 9.13 Å². The number of hydrogen-bond acceptors (Lipinski definition) is 4. The molecule has 0 aliphatic carbocycles. The average Bonchev–Trinajstić information content (AvgIpc) is 3.10. The van der Waals surface area contributed by atoms with E-state index in [1.54, 1.807) is 0 Å². The molecule has 0 amide bonds. The van der Waals surface area contributed by atoms with Crippen molar-refractivity contribution in [2.45, 2.75) is 26.9 Å². The first-order valence-corrected chi connectivity index (χ1v) is 19.7. The number of hydrogen-bond donors (Lipinski definition) is 4. The zero-order valence-corrected chi connectivity index (χ0v) is 29.5. The molecule has 0 fully saturated rings. The van der Waals surface area contributed by atoms with Crippen LogP contribution < -0.4 is 9.13 Å². The van der Waals surface area contributed by atoms with E-state index >= 15 is 0 Å². The van der Waals surface area contributed by atoms with Gasteiger partial charge in [0.05, 0.1) is 11.4 Å². The Labute approximate surface area is 290 Å². The van der Waals surface area contributed by atoms with Gasteiger partial charge in [-0.1, -0.05) is 78.9 Å². The summed E-state index contributed by atoms with van der Waals surface area (Å²) in [5.74, 6) is 0.614. The van der Waals surface area contributed by atoms with Gasteiger partial charge >= 0.3 is 15.2 Å². The van der Waals surface area contributed by atoms with Gasteiger partial charge in [-0.05, 0) is 28.3 Å². The number of pyridine rings is 2. The molecule has 3 heterocycles. The van der Waals surface area contributed by atoms with Gasteiger partial charge in [-0.25, -0.2) is 19.1 Å². The highest BCUT2D eigenvalue weighted by Crippen LogP contribution is 2.35. The minimum atomic E-state index is -4.08. The van der Waals surface area contributed by atoms with Crippen molar-refractivity contribution in [3.8, 4) is 56.2 Å². The van der Waals surface area contributed by atoms with Crippen LogP contribution in [-0.2, 0) is 22.2 Å². The lowest BCUT2D eigenvalue weighted by molar-refractivity contribution is -0.698. The predicted octanol–water partition coefficient (Wildman–Crippen LogP) is 6.36. The maximum atomic E-state index is 11.3. The van der Waals surface area contributed by atoms with Crippen LogP contribution in [0.5, 0.6) is 0 Å². The summed E-state index contributed by atoms with van der Waals surface area (Å²) < 4.78 is 26.4. The van der Waals surface area contributed by atoms with Gasteiger partial charge in [-0.2, -0.15) is 0 Å². The molecule has 0 spiro atoms. The number of nitrogens with zero attached hydrogens (tertiary/aromatic N) is 4. The summed E-state index contributed by atoms with van der Waals surface area (Å²) in [6, 6.07) is 36.1. The van der Waals surface area contributed by atoms with E-state index < -0.39 is 15.2 Å². The molecule has 0 atom stereocenters. The Hall–Kier alpha value is -4.66. The third-order valence-electron chi connectivity index (χ3n) is 8.55. The zero-order valence-electron chi connectivity index (χ0n) is 27.7. The summed E-state index contributed by atoms with van der Waals surface area (Å²) in [5, 5.41) is 0. The van der Waals surface area contributed by atoms with Crippen molar-refractivity contribution in [1.29, 1.82) is 0 Å². The summed E-state index contributed by atoms with van der Waals surface area (Å²) in [5.41, 5.74) is 10.2. The normalized spacial score (nSPS) is 11.9. The molecule has 50 heavy (non-hydrogen) atoms. The first-order chi connectivity index (χ1) is 23.8. The second-order valence-electron chi connectivity index (χ2n) is 12.3. The molecule has 3 aromatic heterocycles. The molecule has 0 unspecified atom stereocenters. The topological polar surface area (TPSA) is 149 Å². The van der Waals surface area contributed by atoms with Crippen molar-refractivity contribution >= 4 is 15.2 Å². The van der Waals surface area contributed by atoms with Crippen molar-refractivity contribution in [2.24, 2.45) is 0 Å². The molecular weight excluding hydrogens is 670 g/mol. The Kier molecular flexibility index (Phi) is 10.3. The zero-order chi connectivity index (χ0) is 35.5. The molecule has 0 saturated carbocycles. The number of aromatic nitrogens is 4. The summed E-state index contributed by atoms with van der Waals surface area (Å²) in [6.07, 6.45) is 3.30. The minimum absolute atomic E-state index is 0.207. The first-order valence-electron chi connectivity index (χ1n) is 16.1. The standard InChI is InChI=1S/C38H36N4O6P2/c1-27-24-34(16-18-41(27)20-22-49(43,44)45)29-8-12-31(13-9-29)36-26-37(40-38(39-36)33-6-4-3-5-7-33)32-14-10-30(11-15-32)35-17-19-42(28(2)25-35)21-23-50(46,47)48/h3-19,24-26H,20-23H2,1-2H3,(H2-2,43,44,45,46,47,48)/p+2. The number of benzene rings is 3. The van der Waals surface area contributed by atoms with E-state index in [2.05, 4.69) is 0 Å². The van der Waals surface area contributed by atoms with Crippen LogP contribution in [0.25, 0.3) is 56.2 Å². The monoisotopic (exact) mass is 708 g/mol. The minimum Gasteiger partial charge on any atom is -0.324 e. The molecule has 6 aromatic rings. The predicted molar refractivity (Wildman–Crippen MR) is 193 cm³/mol. The Morgan fingerprint density at radius 3 is 1.28 bits per heavy atom. The second-order valence-corrected chi connectivity index (χ2v) is 15.8. The molecule has 0 saturated heterocycles. The Morgan fingerprint density at radius 2 is 0.900 bits per heavy atom. The lowest BCUT2D eigenvalue weighted by atomic mass is 10.0. The molecule has 0 aliphatic rings. The molecule has 0 bridgehead atoms. The van der Waals surface area contributed by atoms with E-state index in [4.69, 9.17) is 9.97 Å². The smallest absolute Gasteiger partial charge is 0.324 e. The van der Waals surface area contributed by atoms with Crippen LogP contribution in [0.15, 0.2) is 122 Å². The van der Waals surface area contributed by atoms with Crippen molar-refractivity contribution in [2.75, 3.05) is 12.3 Å². The van der Waals surface area contributed by atoms with Gasteiger partial charge in [-0.15, -0.1) is 0 Å². The van der Waals surface area contributed by atoms with Crippen LogP contribution >= 0.6 is 15.2 Å². The van der Waals surface area contributed by atoms with E-state index in [1.165, 1.54) is 0 Å². The molecule has 254 valence electrons. The quantitative estimate of drug-likeness (QED) is 0.0898. The van der Waals surface area contributed by atoms with Gasteiger partial charge in [0, 0.05) is 54.8 Å². The SMILES string of the molecule is Cc1cc(-c2ccc(-c3cc(-c4ccc(-c5cc[n+](CCP(=O)(O)O)c(C)c5)cc4)nc(-c4ccccc4)n3)cc2)cc[n+]1CCP(=O)(O)O. The molecule has 12 heteroatoms. The highest BCUT2D eigenvalue weighted by molar-refractivity contribution is 7.51. The second kappa shape index (κ2) is 14.7. The molecule has 4 N–H and O–H groups in total. The summed E-state index contributed by atoms with van der Waals surface area (Å²) in [7, 11) is -8.16. The molecule has 0 aliphatic heterocycles. The fourth-order valence-electron chi connectivity index (χ4n) is 5.75. The molecular formula is C38H38N4O6P2+2. The Morgan fingerprint density at radius 1 is 0.500 bits per heavy atom. The number of aryl methyl sites for hydroxylation is 4. The summed E-state index contributed by atoms with van der Waals surface area (Å²) >= 11 is 0. The fourth-order valence-corrected chi connectivity index (χ4v) is 6.70. The van der Waals surface area contributed by atoms with Crippen LogP contribution in [0.2, 0.25) is 0 Å². The highest BCUT2D eigenvalue weighted by Gasteiger charge is 2.19. The van der Waals surface area contributed by atoms with Crippen LogP contribution in [0, 0.1) is 13.8 Å². The van der Waals surface area contributed by atoms with Crippen molar-refractivity contribution in [3.63, 3.8) is 0 Å². The summed E-state index contributed by atoms with van der Waals surface area (Å²) in [6.45, 7) is 4.33. The van der Waals surface area contributed by atoms with Gasteiger partial charge in [0.2, 0.25) is 0 Å². The Balaban J connectivity index is 1.28. The van der Waals surface area contributed by atoms with E-state index in [9.17, 15) is 28.7 Å². The third-order valence-corrected chi connectivity index (χ3v) is 10.1. The Bertz CT molecular complexity index is 2100. The number of rotatable bonds is 11. The van der Waals surface area contributed by atoms with Crippen LogP contribution in [0.4, 0.5) is 0 Å². The summed E-state index contributed by atoms with van der Waals surface area (Å²) in [4.78, 5) is 46.9. The largest absolute Gasteiger partial charge is 0.331 e. The maximum Gasteiger partial charge on any atom is 0.331 e. The average molecular weight is 709 g/mol. The third kappa shape index (κ3) is 8.92. The van der Waals surface area contributed by atoms with Gasteiger partial charge in [0.1, 0.15) is 12.3 Å². The molecule has 6 rings (SSSR count). The first kappa shape index (κ1) is 35.2. The lowest BCUT2D eigenvalue weighted by Gasteiger charge is -2.11. The van der Waals surface area contributed by atoms with Crippen molar-refractivity contribution in [1.82, 2.24) is 9.97 Å². The molecule has 3 aromatic carbocycles. The van der Waals surface area contributed by atoms with Gasteiger partial charge in [0.25, 0.3) is 0 Å². The maximum absolute atomic E-state index is 11.3. The fraction of sp³-hybridized carbons (Fsp3) is 0.158. The molecule has 0 radical (unpaired) electrons. The van der Waals surface area contributed by atoms with E-state index in [1.807, 2.05) is 145 Å². The van der Waals surface area contributed by atoms with E-state index in [0.29, 0.717) is 5.82 Å². The van der Waals surface area contributed by atoms with Gasteiger partial charge in [0.15, 0.2) is 42.7 Å². The molecule has 10 nitrogen and oxygen atoms in total. The van der Waals surface area contributed by atoms with Gasteiger partial charge < -0.3 is 19.6 Å².